The van der Waals surface area contributed by atoms with Gasteiger partial charge in [-0.2, -0.15) is 0 Å². The van der Waals surface area contributed by atoms with E-state index in [0.717, 1.165) is 31.5 Å². The molecule has 1 amide bonds. The van der Waals surface area contributed by atoms with Gasteiger partial charge in [-0.15, -0.1) is 0 Å². The van der Waals surface area contributed by atoms with E-state index in [1.54, 1.807) is 23.4 Å². The van der Waals surface area contributed by atoms with Gasteiger partial charge in [-0.3, -0.25) is 9.78 Å². The lowest BCUT2D eigenvalue weighted by atomic mass is 10.2. The molecule has 0 saturated carbocycles. The summed E-state index contributed by atoms with van der Waals surface area (Å²) in [6, 6.07) is 1.73. The summed E-state index contributed by atoms with van der Waals surface area (Å²) < 4.78 is 0. The first-order valence-corrected chi connectivity index (χ1v) is 7.32. The zero-order valence-corrected chi connectivity index (χ0v) is 12.4. The normalized spacial score (nSPS) is 10.3. The number of rotatable bonds is 9. The first-order chi connectivity index (χ1) is 9.74. The number of carbonyl (C=O) groups is 1. The fraction of sp³-hybridized carbons (Fsp3) is 0.600. The van der Waals surface area contributed by atoms with Crippen LogP contribution >= 0.6 is 0 Å². The number of hydrogen-bond acceptors (Lipinski definition) is 4. The number of amides is 1. The number of hydrogen-bond donors (Lipinski definition) is 2. The second-order valence-corrected chi connectivity index (χ2v) is 4.72. The Kier molecular flexibility index (Phi) is 7.65. The summed E-state index contributed by atoms with van der Waals surface area (Å²) in [5.41, 5.74) is 1.39. The number of aromatic nitrogens is 1. The van der Waals surface area contributed by atoms with Crippen LogP contribution in [0.25, 0.3) is 0 Å². The minimum Gasteiger partial charge on any atom is -0.395 e. The highest BCUT2D eigenvalue weighted by Crippen LogP contribution is 2.16. The van der Waals surface area contributed by atoms with Crippen molar-refractivity contribution >= 4 is 11.6 Å². The van der Waals surface area contributed by atoms with Crippen LogP contribution < -0.4 is 5.32 Å². The van der Waals surface area contributed by atoms with E-state index >= 15 is 0 Å². The summed E-state index contributed by atoms with van der Waals surface area (Å²) >= 11 is 0. The van der Waals surface area contributed by atoms with E-state index < -0.39 is 0 Å². The van der Waals surface area contributed by atoms with Crippen LogP contribution in [0.4, 0.5) is 5.69 Å². The fourth-order valence-electron chi connectivity index (χ4n) is 1.94. The van der Waals surface area contributed by atoms with E-state index in [-0.39, 0.29) is 12.5 Å². The van der Waals surface area contributed by atoms with Crippen molar-refractivity contribution in [2.45, 2.75) is 33.1 Å². The highest BCUT2D eigenvalue weighted by molar-refractivity contribution is 5.99. The van der Waals surface area contributed by atoms with E-state index in [0.29, 0.717) is 18.7 Å². The van der Waals surface area contributed by atoms with Crippen molar-refractivity contribution in [3.8, 4) is 0 Å². The van der Waals surface area contributed by atoms with Crippen molar-refractivity contribution in [3.05, 3.63) is 24.0 Å². The summed E-state index contributed by atoms with van der Waals surface area (Å²) in [6.45, 7) is 5.99. The number of unbranched alkanes of at least 4 members (excludes halogenated alkanes) is 1. The molecule has 0 aliphatic rings. The van der Waals surface area contributed by atoms with Crippen LogP contribution in [0.3, 0.4) is 0 Å². The summed E-state index contributed by atoms with van der Waals surface area (Å²) in [6.07, 6.45) is 6.25. The van der Waals surface area contributed by atoms with E-state index in [1.807, 2.05) is 0 Å². The molecule has 0 bridgehead atoms. The molecule has 20 heavy (non-hydrogen) atoms. The zero-order chi connectivity index (χ0) is 14.8. The molecule has 1 rings (SSSR count). The second kappa shape index (κ2) is 9.31. The predicted molar refractivity (Wildman–Crippen MR) is 80.9 cm³/mol. The molecule has 0 aliphatic carbocycles. The van der Waals surface area contributed by atoms with Crippen LogP contribution in [0.5, 0.6) is 0 Å². The molecular weight excluding hydrogens is 254 g/mol. The Balaban J connectivity index is 2.86. The lowest BCUT2D eigenvalue weighted by Crippen LogP contribution is -2.35. The summed E-state index contributed by atoms with van der Waals surface area (Å²) in [5.74, 6) is -0.0477. The lowest BCUT2D eigenvalue weighted by Gasteiger charge is -2.23. The fourth-order valence-corrected chi connectivity index (χ4v) is 1.94. The maximum absolute atomic E-state index is 12.6. The SMILES string of the molecule is CCCCN(CCO)C(=O)c1ccncc1NCCC. The Morgan fingerprint density at radius 2 is 2.15 bits per heavy atom. The smallest absolute Gasteiger partial charge is 0.256 e. The van der Waals surface area contributed by atoms with Crippen LogP contribution in [0.2, 0.25) is 0 Å². The van der Waals surface area contributed by atoms with Gasteiger partial charge in [-0.1, -0.05) is 20.3 Å². The number of nitrogens with one attached hydrogen (secondary N) is 1. The molecule has 0 atom stereocenters. The Hall–Kier alpha value is -1.62. The standard InChI is InChI=1S/C15H25N3O2/c1-3-5-9-18(10-11-19)15(20)13-6-8-16-12-14(13)17-7-4-2/h6,8,12,17,19H,3-5,7,9-11H2,1-2H3. The number of aliphatic hydroxyl groups is 1. The van der Waals surface area contributed by atoms with Gasteiger partial charge in [-0.25, -0.2) is 0 Å². The largest absolute Gasteiger partial charge is 0.395 e. The maximum Gasteiger partial charge on any atom is 0.256 e. The third-order valence-corrected chi connectivity index (χ3v) is 3.06. The summed E-state index contributed by atoms with van der Waals surface area (Å²) in [7, 11) is 0. The number of nitrogens with zero attached hydrogens (tertiary/aromatic N) is 2. The number of aliphatic hydroxyl groups excluding tert-OH is 1. The first kappa shape index (κ1) is 16.4. The highest BCUT2D eigenvalue weighted by Gasteiger charge is 2.18. The van der Waals surface area contributed by atoms with Crippen molar-refractivity contribution in [3.63, 3.8) is 0 Å². The minimum absolute atomic E-state index is 0.0156. The van der Waals surface area contributed by atoms with Gasteiger partial charge in [0.15, 0.2) is 0 Å². The van der Waals surface area contributed by atoms with Gasteiger partial charge < -0.3 is 15.3 Å². The summed E-state index contributed by atoms with van der Waals surface area (Å²) in [4.78, 5) is 18.3. The zero-order valence-electron chi connectivity index (χ0n) is 12.4. The van der Waals surface area contributed by atoms with Gasteiger partial charge >= 0.3 is 0 Å². The molecule has 2 N–H and O–H groups in total. The van der Waals surface area contributed by atoms with Crippen molar-refractivity contribution in [2.75, 3.05) is 31.6 Å². The molecule has 0 radical (unpaired) electrons. The third kappa shape index (κ3) is 4.81. The van der Waals surface area contributed by atoms with E-state index in [4.69, 9.17) is 5.11 Å². The van der Waals surface area contributed by atoms with Gasteiger partial charge in [0.1, 0.15) is 0 Å². The highest BCUT2D eigenvalue weighted by atomic mass is 16.3. The van der Waals surface area contributed by atoms with Crippen LogP contribution in [0.15, 0.2) is 18.5 Å². The molecule has 5 heteroatoms. The first-order valence-electron chi connectivity index (χ1n) is 7.32. The molecule has 5 nitrogen and oxygen atoms in total. The lowest BCUT2D eigenvalue weighted by molar-refractivity contribution is 0.0720. The molecule has 0 aromatic carbocycles. The van der Waals surface area contributed by atoms with E-state index in [2.05, 4.69) is 24.1 Å². The predicted octanol–water partition coefficient (Wildman–Crippen LogP) is 2.14. The van der Waals surface area contributed by atoms with Gasteiger partial charge in [0.2, 0.25) is 0 Å². The number of anilines is 1. The van der Waals surface area contributed by atoms with Gasteiger partial charge in [0.05, 0.1) is 24.1 Å². The van der Waals surface area contributed by atoms with Crippen molar-refractivity contribution in [2.24, 2.45) is 0 Å². The molecule has 0 spiro atoms. The van der Waals surface area contributed by atoms with Crippen molar-refractivity contribution in [1.82, 2.24) is 9.88 Å². The number of pyridine rings is 1. The molecule has 0 unspecified atom stereocenters. The Labute approximate surface area is 121 Å². The van der Waals surface area contributed by atoms with E-state index in [9.17, 15) is 4.79 Å². The summed E-state index contributed by atoms with van der Waals surface area (Å²) in [5, 5.41) is 12.3. The second-order valence-electron chi connectivity index (χ2n) is 4.72. The Bertz CT molecular complexity index is 410. The van der Waals surface area contributed by atoms with Gasteiger partial charge in [0, 0.05) is 25.8 Å². The van der Waals surface area contributed by atoms with Gasteiger partial charge in [0.25, 0.3) is 5.91 Å². The molecule has 0 saturated heterocycles. The van der Waals surface area contributed by atoms with Crippen molar-refractivity contribution in [1.29, 1.82) is 0 Å². The molecule has 1 aromatic rings. The quantitative estimate of drug-likeness (QED) is 0.727. The molecule has 112 valence electrons. The molecule has 1 aromatic heterocycles. The van der Waals surface area contributed by atoms with Crippen LogP contribution in [0, 0.1) is 0 Å². The average Bonchev–Trinajstić information content (AvgIpc) is 2.49. The van der Waals surface area contributed by atoms with Crippen LogP contribution in [0.1, 0.15) is 43.5 Å². The average molecular weight is 279 g/mol. The topological polar surface area (TPSA) is 65.5 Å². The Morgan fingerprint density at radius 1 is 1.35 bits per heavy atom. The van der Waals surface area contributed by atoms with E-state index in [1.165, 1.54) is 0 Å². The Morgan fingerprint density at radius 3 is 2.80 bits per heavy atom. The van der Waals surface area contributed by atoms with Crippen molar-refractivity contribution < 1.29 is 9.90 Å². The minimum atomic E-state index is -0.0477. The van der Waals surface area contributed by atoms with Crippen LogP contribution in [-0.4, -0.2) is 47.1 Å². The molecular formula is C15H25N3O2. The van der Waals surface area contributed by atoms with Crippen LogP contribution in [-0.2, 0) is 0 Å². The molecule has 1 heterocycles. The monoisotopic (exact) mass is 279 g/mol. The third-order valence-electron chi connectivity index (χ3n) is 3.06. The molecule has 0 aliphatic heterocycles. The number of carbonyl (C=O) groups excluding carboxylic acids is 1. The maximum atomic E-state index is 12.6. The molecule has 0 fully saturated rings. The van der Waals surface area contributed by atoms with Gasteiger partial charge in [-0.05, 0) is 18.9 Å².